The van der Waals surface area contributed by atoms with Gasteiger partial charge in [-0.05, 0) is 12.1 Å². The second-order valence-corrected chi connectivity index (χ2v) is 2.55. The molecule has 1 heterocycles. The zero-order chi connectivity index (χ0) is 8.72. The van der Waals surface area contributed by atoms with Gasteiger partial charge in [0.05, 0.1) is 5.52 Å². The molecule has 0 saturated heterocycles. The Morgan fingerprint density at radius 3 is 2.58 bits per heavy atom. The zero-order valence-electron chi connectivity index (χ0n) is 6.07. The van der Waals surface area contributed by atoms with Crippen LogP contribution in [-0.2, 0) is 0 Å². The monoisotopic (exact) mass is 165 g/mol. The van der Waals surface area contributed by atoms with Crippen LogP contribution in [0.2, 0.25) is 0 Å². The van der Waals surface area contributed by atoms with Crippen LogP contribution in [0, 0.1) is 0 Å². The first kappa shape index (κ1) is 6.84. The molecule has 2 aromatic rings. The molecule has 2 rings (SSSR count). The van der Waals surface area contributed by atoms with Gasteiger partial charge in [0, 0.05) is 11.5 Å². The molecule has 0 saturated carbocycles. The molecular weight excluding hydrogens is 158 g/mol. The topological polar surface area (TPSA) is 76.5 Å². The third-order valence-electron chi connectivity index (χ3n) is 1.74. The van der Waals surface area contributed by atoms with Crippen molar-refractivity contribution in [1.29, 1.82) is 0 Å². The van der Waals surface area contributed by atoms with Gasteiger partial charge in [0.25, 0.3) is 0 Å². The zero-order valence-corrected chi connectivity index (χ0v) is 6.07. The van der Waals surface area contributed by atoms with E-state index in [1.165, 1.54) is 12.1 Å². The number of nitrogens with one attached hydrogen (secondary N) is 1. The van der Waals surface area contributed by atoms with Crippen LogP contribution in [-0.4, -0.2) is 20.3 Å². The molecular formula is C8H7NO3. The minimum Gasteiger partial charge on any atom is -0.504 e. The average Bonchev–Trinajstić information content (AvgIpc) is 2.39. The van der Waals surface area contributed by atoms with Crippen molar-refractivity contribution in [3.8, 4) is 17.4 Å². The van der Waals surface area contributed by atoms with E-state index in [0.29, 0.717) is 10.9 Å². The summed E-state index contributed by atoms with van der Waals surface area (Å²) < 4.78 is 0. The molecule has 0 spiro atoms. The van der Waals surface area contributed by atoms with Crippen molar-refractivity contribution in [2.45, 2.75) is 0 Å². The maximum Gasteiger partial charge on any atom is 0.189 e. The molecule has 62 valence electrons. The first-order chi connectivity index (χ1) is 5.68. The van der Waals surface area contributed by atoms with Crippen LogP contribution < -0.4 is 0 Å². The fourth-order valence-electron chi connectivity index (χ4n) is 1.16. The summed E-state index contributed by atoms with van der Waals surface area (Å²) in [4.78, 5) is 2.61. The predicted octanol–water partition coefficient (Wildman–Crippen LogP) is 1.28. The fourth-order valence-corrected chi connectivity index (χ4v) is 1.16. The molecule has 1 aromatic carbocycles. The highest BCUT2D eigenvalue weighted by Crippen LogP contribution is 2.34. The van der Waals surface area contributed by atoms with Crippen molar-refractivity contribution < 1.29 is 15.3 Å². The van der Waals surface area contributed by atoms with Gasteiger partial charge in [-0.2, -0.15) is 0 Å². The van der Waals surface area contributed by atoms with Crippen molar-refractivity contribution in [2.24, 2.45) is 0 Å². The van der Waals surface area contributed by atoms with Crippen molar-refractivity contribution >= 4 is 10.9 Å². The van der Waals surface area contributed by atoms with E-state index in [0.717, 1.165) is 0 Å². The van der Waals surface area contributed by atoms with Crippen LogP contribution in [0.15, 0.2) is 18.2 Å². The summed E-state index contributed by atoms with van der Waals surface area (Å²) >= 11 is 0. The van der Waals surface area contributed by atoms with Gasteiger partial charge >= 0.3 is 0 Å². The number of aromatic nitrogens is 1. The van der Waals surface area contributed by atoms with E-state index in [2.05, 4.69) is 4.98 Å². The lowest BCUT2D eigenvalue weighted by molar-refractivity contribution is 0.408. The minimum atomic E-state index is -0.218. The number of benzene rings is 1. The van der Waals surface area contributed by atoms with Gasteiger partial charge in [-0.3, -0.25) is 0 Å². The summed E-state index contributed by atoms with van der Waals surface area (Å²) in [5.74, 6) is -0.448. The maximum absolute atomic E-state index is 9.29. The molecule has 12 heavy (non-hydrogen) atoms. The van der Waals surface area contributed by atoms with Crippen LogP contribution in [0.25, 0.3) is 10.9 Å². The second kappa shape index (κ2) is 2.07. The van der Waals surface area contributed by atoms with Gasteiger partial charge in [0.1, 0.15) is 0 Å². The third-order valence-corrected chi connectivity index (χ3v) is 1.74. The summed E-state index contributed by atoms with van der Waals surface area (Å²) in [7, 11) is 0. The molecule has 0 atom stereocenters. The summed E-state index contributed by atoms with van der Waals surface area (Å²) in [6.45, 7) is 0. The Balaban J connectivity index is 2.89. The molecule has 0 unspecified atom stereocenters. The summed E-state index contributed by atoms with van der Waals surface area (Å²) in [6, 6.07) is 4.28. The largest absolute Gasteiger partial charge is 0.504 e. The van der Waals surface area contributed by atoms with Gasteiger partial charge in [-0.1, -0.05) is 0 Å². The number of aromatic hydroxyl groups is 3. The summed E-state index contributed by atoms with van der Waals surface area (Å²) in [6.07, 6.45) is 0. The van der Waals surface area contributed by atoms with E-state index in [9.17, 15) is 5.11 Å². The van der Waals surface area contributed by atoms with Crippen molar-refractivity contribution in [1.82, 2.24) is 4.98 Å². The van der Waals surface area contributed by atoms with Gasteiger partial charge < -0.3 is 20.3 Å². The number of fused-ring (bicyclic) bond motifs is 1. The molecule has 0 amide bonds. The molecule has 4 heteroatoms. The van der Waals surface area contributed by atoms with Gasteiger partial charge in [-0.15, -0.1) is 0 Å². The maximum atomic E-state index is 9.29. The Morgan fingerprint density at radius 1 is 1.08 bits per heavy atom. The molecule has 4 N–H and O–H groups in total. The Labute approximate surface area is 67.7 Å². The van der Waals surface area contributed by atoms with E-state index in [4.69, 9.17) is 10.2 Å². The molecule has 0 aliphatic heterocycles. The van der Waals surface area contributed by atoms with Gasteiger partial charge in [0.15, 0.2) is 17.4 Å². The number of H-pyrrole nitrogens is 1. The number of hydrogen-bond acceptors (Lipinski definition) is 3. The predicted molar refractivity (Wildman–Crippen MR) is 43.3 cm³/mol. The standard InChI is InChI=1S/C8H7NO3/c10-6-2-1-5-4(8(6)12)3-7(11)9-5/h1-3,9-12H. The van der Waals surface area contributed by atoms with Crippen LogP contribution in [0.4, 0.5) is 0 Å². The number of phenols is 2. The quantitative estimate of drug-likeness (QED) is 0.444. The molecule has 0 fully saturated rings. The Morgan fingerprint density at radius 2 is 1.83 bits per heavy atom. The van der Waals surface area contributed by atoms with Gasteiger partial charge in [0.2, 0.25) is 0 Å². The van der Waals surface area contributed by atoms with Crippen molar-refractivity contribution in [3.63, 3.8) is 0 Å². The van der Waals surface area contributed by atoms with Crippen LogP contribution >= 0.6 is 0 Å². The first-order valence-electron chi connectivity index (χ1n) is 3.41. The van der Waals surface area contributed by atoms with Crippen LogP contribution in [0.3, 0.4) is 0 Å². The van der Waals surface area contributed by atoms with E-state index in [1.807, 2.05) is 0 Å². The lowest BCUT2D eigenvalue weighted by Gasteiger charge is -1.96. The lowest BCUT2D eigenvalue weighted by atomic mass is 10.2. The minimum absolute atomic E-state index is 0.0362. The van der Waals surface area contributed by atoms with E-state index in [1.54, 1.807) is 6.07 Å². The van der Waals surface area contributed by atoms with Crippen LogP contribution in [0.5, 0.6) is 17.4 Å². The molecule has 0 aliphatic rings. The van der Waals surface area contributed by atoms with E-state index >= 15 is 0 Å². The Hall–Kier alpha value is -1.84. The number of rotatable bonds is 0. The number of phenolic OH excluding ortho intramolecular Hbond substituents is 2. The number of aromatic amines is 1. The average molecular weight is 165 g/mol. The first-order valence-corrected chi connectivity index (χ1v) is 3.41. The molecule has 0 bridgehead atoms. The highest BCUT2D eigenvalue weighted by molar-refractivity contribution is 5.89. The Bertz CT molecular complexity index is 433. The molecule has 4 nitrogen and oxygen atoms in total. The lowest BCUT2D eigenvalue weighted by Crippen LogP contribution is -1.70. The normalized spacial score (nSPS) is 10.7. The Kier molecular flexibility index (Phi) is 1.18. The smallest absolute Gasteiger partial charge is 0.189 e. The van der Waals surface area contributed by atoms with E-state index in [-0.39, 0.29) is 17.4 Å². The van der Waals surface area contributed by atoms with Crippen molar-refractivity contribution in [3.05, 3.63) is 18.2 Å². The third kappa shape index (κ3) is 0.780. The fraction of sp³-hybridized carbons (Fsp3) is 0. The highest BCUT2D eigenvalue weighted by Gasteiger charge is 2.07. The number of hydrogen-bond donors (Lipinski definition) is 4. The summed E-state index contributed by atoms with van der Waals surface area (Å²) in [5, 5.41) is 27.8. The van der Waals surface area contributed by atoms with Gasteiger partial charge in [-0.25, -0.2) is 0 Å². The van der Waals surface area contributed by atoms with Crippen LogP contribution in [0.1, 0.15) is 0 Å². The molecule has 0 aliphatic carbocycles. The molecule has 0 radical (unpaired) electrons. The van der Waals surface area contributed by atoms with Crippen molar-refractivity contribution in [2.75, 3.05) is 0 Å². The second-order valence-electron chi connectivity index (χ2n) is 2.55. The SMILES string of the molecule is Oc1cc2c(O)c(O)ccc2[nH]1. The molecule has 1 aromatic heterocycles. The van der Waals surface area contributed by atoms with E-state index < -0.39 is 0 Å². The highest BCUT2D eigenvalue weighted by atomic mass is 16.3. The summed E-state index contributed by atoms with van der Waals surface area (Å²) in [5.41, 5.74) is 0.586.